The number of rotatable bonds is 5. The fourth-order valence-corrected chi connectivity index (χ4v) is 3.78. The van der Waals surface area contributed by atoms with Crippen molar-refractivity contribution in [2.75, 3.05) is 25.0 Å². The van der Waals surface area contributed by atoms with Crippen LogP contribution in [0.1, 0.15) is 45.1 Å². The SMILES string of the molecule is Cc1noc(C)c1-c1ccc(NCC2CCN(C(=O)OC(C)(C)C)CC2)c([N+](=O)[O-])c1. The van der Waals surface area contributed by atoms with Crippen LogP contribution in [0.25, 0.3) is 11.1 Å². The molecule has 3 rings (SSSR count). The molecule has 1 amide bonds. The van der Waals surface area contributed by atoms with E-state index in [9.17, 15) is 14.9 Å². The number of piperidine rings is 1. The van der Waals surface area contributed by atoms with E-state index in [0.717, 1.165) is 18.4 Å². The highest BCUT2D eigenvalue weighted by atomic mass is 16.6. The highest BCUT2D eigenvalue weighted by Gasteiger charge is 2.27. The second kappa shape index (κ2) is 8.95. The average molecular weight is 431 g/mol. The molecule has 0 spiro atoms. The molecule has 1 aromatic heterocycles. The summed E-state index contributed by atoms with van der Waals surface area (Å²) in [5, 5.41) is 18.8. The first-order valence-electron chi connectivity index (χ1n) is 10.5. The molecule has 0 radical (unpaired) electrons. The van der Waals surface area contributed by atoms with Crippen LogP contribution in [0.2, 0.25) is 0 Å². The van der Waals surface area contributed by atoms with Gasteiger partial charge in [0.2, 0.25) is 0 Å². The van der Waals surface area contributed by atoms with E-state index in [1.807, 2.05) is 33.8 Å². The Kier molecular flexibility index (Phi) is 6.52. The van der Waals surface area contributed by atoms with Crippen LogP contribution in [0, 0.1) is 29.9 Å². The van der Waals surface area contributed by atoms with Crippen LogP contribution >= 0.6 is 0 Å². The molecule has 0 saturated carbocycles. The maximum atomic E-state index is 12.2. The van der Waals surface area contributed by atoms with Crippen molar-refractivity contribution in [3.05, 3.63) is 39.8 Å². The fraction of sp³-hybridized carbons (Fsp3) is 0.545. The number of benzene rings is 1. The van der Waals surface area contributed by atoms with Crippen LogP contribution in [-0.2, 0) is 4.74 Å². The molecule has 2 aromatic rings. The lowest BCUT2D eigenvalue weighted by Gasteiger charge is -2.33. The Morgan fingerprint density at radius 2 is 2.00 bits per heavy atom. The van der Waals surface area contributed by atoms with Crippen molar-refractivity contribution in [2.45, 2.75) is 53.1 Å². The minimum atomic E-state index is -0.510. The van der Waals surface area contributed by atoms with Crippen LogP contribution in [0.3, 0.4) is 0 Å². The smallest absolute Gasteiger partial charge is 0.410 e. The van der Waals surface area contributed by atoms with Crippen LogP contribution in [0.15, 0.2) is 22.7 Å². The maximum absolute atomic E-state index is 12.2. The summed E-state index contributed by atoms with van der Waals surface area (Å²) in [6, 6.07) is 5.13. The molecule has 0 bridgehead atoms. The minimum absolute atomic E-state index is 0.0173. The van der Waals surface area contributed by atoms with Crippen molar-refractivity contribution >= 4 is 17.5 Å². The van der Waals surface area contributed by atoms with Gasteiger partial charge in [0.15, 0.2) is 0 Å². The zero-order valence-corrected chi connectivity index (χ0v) is 18.7. The van der Waals surface area contributed by atoms with Crippen LogP contribution in [0.5, 0.6) is 0 Å². The molecule has 1 aliphatic heterocycles. The first-order chi connectivity index (χ1) is 14.5. The van der Waals surface area contributed by atoms with Gasteiger partial charge in [-0.3, -0.25) is 10.1 Å². The highest BCUT2D eigenvalue weighted by Crippen LogP contribution is 2.34. The summed E-state index contributed by atoms with van der Waals surface area (Å²) < 4.78 is 10.6. The van der Waals surface area contributed by atoms with E-state index in [4.69, 9.17) is 9.26 Å². The summed E-state index contributed by atoms with van der Waals surface area (Å²) in [5.41, 5.74) is 2.18. The monoisotopic (exact) mass is 430 g/mol. The second-order valence-corrected chi connectivity index (χ2v) is 8.98. The summed E-state index contributed by atoms with van der Waals surface area (Å²) in [6.07, 6.45) is 1.35. The zero-order chi connectivity index (χ0) is 22.8. The van der Waals surface area contributed by atoms with Gasteiger partial charge in [-0.15, -0.1) is 0 Å². The van der Waals surface area contributed by atoms with Gasteiger partial charge in [-0.1, -0.05) is 11.2 Å². The van der Waals surface area contributed by atoms with E-state index in [0.29, 0.717) is 48.3 Å². The number of amides is 1. The second-order valence-electron chi connectivity index (χ2n) is 8.98. The van der Waals surface area contributed by atoms with E-state index in [1.165, 1.54) is 0 Å². The predicted molar refractivity (Wildman–Crippen MR) is 117 cm³/mol. The molecule has 1 aliphatic rings. The quantitative estimate of drug-likeness (QED) is 0.529. The van der Waals surface area contributed by atoms with Gasteiger partial charge in [-0.25, -0.2) is 4.79 Å². The molecule has 168 valence electrons. The van der Waals surface area contributed by atoms with E-state index in [-0.39, 0.29) is 16.7 Å². The number of aromatic nitrogens is 1. The molecule has 31 heavy (non-hydrogen) atoms. The number of nitro groups is 1. The van der Waals surface area contributed by atoms with Gasteiger partial charge in [-0.2, -0.15) is 0 Å². The Bertz CT molecular complexity index is 936. The van der Waals surface area contributed by atoms with E-state index >= 15 is 0 Å². The first-order valence-corrected chi connectivity index (χ1v) is 10.5. The molecular formula is C22H30N4O5. The largest absolute Gasteiger partial charge is 0.444 e. The van der Waals surface area contributed by atoms with Gasteiger partial charge in [0.25, 0.3) is 5.69 Å². The standard InChI is InChI=1S/C22H30N4O5/c1-14-20(15(2)31-24-14)17-6-7-18(19(12-17)26(28)29)23-13-16-8-10-25(11-9-16)21(27)30-22(3,4)5/h6-7,12,16,23H,8-11,13H2,1-5H3. The topological polar surface area (TPSA) is 111 Å². The summed E-state index contributed by atoms with van der Waals surface area (Å²) in [6.45, 7) is 11.0. The highest BCUT2D eigenvalue weighted by molar-refractivity contribution is 5.75. The molecule has 0 aliphatic carbocycles. The Morgan fingerprint density at radius 3 is 2.55 bits per heavy atom. The number of anilines is 1. The van der Waals surface area contributed by atoms with E-state index in [2.05, 4.69) is 10.5 Å². The number of likely N-dealkylation sites (tertiary alicyclic amines) is 1. The molecular weight excluding hydrogens is 400 g/mol. The number of nitrogens with one attached hydrogen (secondary N) is 1. The van der Waals surface area contributed by atoms with E-state index < -0.39 is 5.60 Å². The van der Waals surface area contributed by atoms with Gasteiger partial charge in [-0.05, 0) is 65.0 Å². The van der Waals surface area contributed by atoms with Crippen LogP contribution in [0.4, 0.5) is 16.2 Å². The summed E-state index contributed by atoms with van der Waals surface area (Å²) >= 11 is 0. The number of carbonyl (C=O) groups is 1. The number of carbonyl (C=O) groups excluding carboxylic acids is 1. The summed E-state index contributed by atoms with van der Waals surface area (Å²) in [5.74, 6) is 0.949. The van der Waals surface area contributed by atoms with Crippen molar-refractivity contribution in [3.8, 4) is 11.1 Å². The van der Waals surface area contributed by atoms with Crippen molar-refractivity contribution in [3.63, 3.8) is 0 Å². The summed E-state index contributed by atoms with van der Waals surface area (Å²) in [7, 11) is 0. The fourth-order valence-electron chi connectivity index (χ4n) is 3.78. The third-order valence-electron chi connectivity index (χ3n) is 5.36. The lowest BCUT2D eigenvalue weighted by atomic mass is 9.96. The Hall–Kier alpha value is -3.10. The van der Waals surface area contributed by atoms with Gasteiger partial charge in [0.05, 0.1) is 10.6 Å². The third kappa shape index (κ3) is 5.53. The number of nitro benzene ring substituents is 1. The molecule has 9 heteroatoms. The van der Waals surface area contributed by atoms with Crippen molar-refractivity contribution in [1.29, 1.82) is 0 Å². The molecule has 2 heterocycles. The molecule has 1 N–H and O–H groups in total. The number of hydrogen-bond acceptors (Lipinski definition) is 7. The predicted octanol–water partition coefficient (Wildman–Crippen LogP) is 4.93. The van der Waals surface area contributed by atoms with Gasteiger partial charge >= 0.3 is 6.09 Å². The lowest BCUT2D eigenvalue weighted by Crippen LogP contribution is -2.42. The first kappa shape index (κ1) is 22.6. The van der Waals surface area contributed by atoms with Crippen LogP contribution in [-0.4, -0.2) is 46.3 Å². The average Bonchev–Trinajstić information content (AvgIpc) is 3.03. The molecule has 0 unspecified atom stereocenters. The third-order valence-corrected chi connectivity index (χ3v) is 5.36. The molecule has 9 nitrogen and oxygen atoms in total. The van der Waals surface area contributed by atoms with Gasteiger partial charge < -0.3 is 19.5 Å². The number of ether oxygens (including phenoxy) is 1. The summed E-state index contributed by atoms with van der Waals surface area (Å²) in [4.78, 5) is 25.2. The Balaban J connectivity index is 1.62. The number of aryl methyl sites for hydroxylation is 2. The van der Waals surface area contributed by atoms with Crippen molar-refractivity contribution in [1.82, 2.24) is 10.1 Å². The molecule has 1 fully saturated rings. The van der Waals surface area contributed by atoms with E-state index in [1.54, 1.807) is 24.0 Å². The van der Waals surface area contributed by atoms with Crippen molar-refractivity contribution < 1.29 is 19.0 Å². The molecule has 1 aromatic carbocycles. The molecule has 1 saturated heterocycles. The Labute approximate surface area is 181 Å². The zero-order valence-electron chi connectivity index (χ0n) is 18.7. The minimum Gasteiger partial charge on any atom is -0.444 e. The van der Waals surface area contributed by atoms with Gasteiger partial charge in [0, 0.05) is 31.3 Å². The Morgan fingerprint density at radius 1 is 1.32 bits per heavy atom. The molecule has 0 atom stereocenters. The maximum Gasteiger partial charge on any atom is 0.410 e. The van der Waals surface area contributed by atoms with Crippen LogP contribution < -0.4 is 5.32 Å². The lowest BCUT2D eigenvalue weighted by molar-refractivity contribution is -0.383. The number of nitrogens with zero attached hydrogens (tertiary/aromatic N) is 3. The van der Waals surface area contributed by atoms with Crippen molar-refractivity contribution in [2.24, 2.45) is 5.92 Å². The normalized spacial score (nSPS) is 15.1. The number of hydrogen-bond donors (Lipinski definition) is 1. The van der Waals surface area contributed by atoms with Gasteiger partial charge in [0.1, 0.15) is 17.0 Å².